The zero-order valence-electron chi connectivity index (χ0n) is 21.4. The van der Waals surface area contributed by atoms with Gasteiger partial charge in [-0.2, -0.15) is 0 Å². The lowest BCUT2D eigenvalue weighted by atomic mass is 9.83. The standard InChI is InChI=1S/C30H36N2O4/c1-21-27(33)24-13-8-14-25(29(24)36-28(21)22-10-4-3-5-11-22)30(34)32(18-19-35-2)20-23-12-9-17-31-16-7-6-15-26(23)31/h3-5,8,10-11,13-14,23,26H,6-7,9,12,15-20H2,1-2H3/t23-,26+/m0/s1. The first-order chi connectivity index (χ1) is 17.6. The first-order valence-corrected chi connectivity index (χ1v) is 13.2. The number of piperidine rings is 2. The molecular formula is C30H36N2O4. The molecule has 0 radical (unpaired) electrons. The molecule has 6 heteroatoms. The van der Waals surface area contributed by atoms with Crippen molar-refractivity contribution in [3.63, 3.8) is 0 Å². The molecule has 1 aromatic heterocycles. The third kappa shape index (κ3) is 4.84. The molecule has 2 aliphatic rings. The third-order valence-corrected chi connectivity index (χ3v) is 7.95. The predicted molar refractivity (Wildman–Crippen MR) is 142 cm³/mol. The summed E-state index contributed by atoms with van der Waals surface area (Å²) in [6.45, 7) is 5.80. The summed E-state index contributed by atoms with van der Waals surface area (Å²) in [5.74, 6) is 0.863. The van der Waals surface area contributed by atoms with Crippen LogP contribution >= 0.6 is 0 Å². The second-order valence-corrected chi connectivity index (χ2v) is 10.2. The van der Waals surface area contributed by atoms with Crippen molar-refractivity contribution in [3.8, 4) is 11.3 Å². The third-order valence-electron chi connectivity index (χ3n) is 7.95. The van der Waals surface area contributed by atoms with Crippen LogP contribution in [-0.4, -0.2) is 61.6 Å². The van der Waals surface area contributed by atoms with Gasteiger partial charge in [-0.3, -0.25) is 9.59 Å². The number of fused-ring (bicyclic) bond motifs is 2. The van der Waals surface area contributed by atoms with Gasteiger partial charge in [0.25, 0.3) is 5.91 Å². The number of rotatable bonds is 7. The zero-order chi connectivity index (χ0) is 25.1. The number of para-hydroxylation sites is 1. The molecular weight excluding hydrogens is 452 g/mol. The van der Waals surface area contributed by atoms with Crippen molar-refractivity contribution >= 4 is 16.9 Å². The molecule has 2 aromatic carbocycles. The topological polar surface area (TPSA) is 63.0 Å². The van der Waals surface area contributed by atoms with E-state index in [1.807, 2.05) is 35.2 Å². The highest BCUT2D eigenvalue weighted by atomic mass is 16.5. The molecule has 1 amide bonds. The van der Waals surface area contributed by atoms with Crippen molar-refractivity contribution in [1.29, 1.82) is 0 Å². The van der Waals surface area contributed by atoms with Crippen molar-refractivity contribution in [3.05, 3.63) is 69.9 Å². The minimum Gasteiger partial charge on any atom is -0.455 e. The molecule has 3 aromatic rings. The lowest BCUT2D eigenvalue weighted by Crippen LogP contribution is -2.52. The molecule has 3 heterocycles. The highest BCUT2D eigenvalue weighted by Gasteiger charge is 2.35. The summed E-state index contributed by atoms with van der Waals surface area (Å²) in [6, 6.07) is 15.5. The van der Waals surface area contributed by atoms with Gasteiger partial charge in [-0.05, 0) is 63.7 Å². The van der Waals surface area contributed by atoms with Crippen LogP contribution < -0.4 is 5.43 Å². The molecule has 2 atom stereocenters. The molecule has 2 fully saturated rings. The second-order valence-electron chi connectivity index (χ2n) is 10.2. The number of amides is 1. The number of benzene rings is 2. The van der Waals surface area contributed by atoms with Gasteiger partial charge in [0.05, 0.1) is 17.6 Å². The van der Waals surface area contributed by atoms with E-state index in [2.05, 4.69) is 4.90 Å². The van der Waals surface area contributed by atoms with Gasteiger partial charge in [0, 0.05) is 37.4 Å². The SMILES string of the molecule is COCCN(C[C@@H]1CCCN2CCCC[C@H]12)C(=O)c1cccc2c(=O)c(C)c(-c3ccccc3)oc12. The molecule has 190 valence electrons. The van der Waals surface area contributed by atoms with Gasteiger partial charge in [0.2, 0.25) is 0 Å². The second kappa shape index (κ2) is 11.0. The highest BCUT2D eigenvalue weighted by Crippen LogP contribution is 2.32. The van der Waals surface area contributed by atoms with E-state index in [-0.39, 0.29) is 11.3 Å². The molecule has 0 aliphatic carbocycles. The Labute approximate surface area is 212 Å². The van der Waals surface area contributed by atoms with Gasteiger partial charge in [0.15, 0.2) is 11.0 Å². The predicted octanol–water partition coefficient (Wildman–Crippen LogP) is 5.12. The molecule has 0 spiro atoms. The quantitative estimate of drug-likeness (QED) is 0.462. The van der Waals surface area contributed by atoms with Gasteiger partial charge in [-0.1, -0.05) is 42.8 Å². The maximum Gasteiger partial charge on any atom is 0.257 e. The van der Waals surface area contributed by atoms with Crippen molar-refractivity contribution in [2.75, 3.05) is 39.9 Å². The summed E-state index contributed by atoms with van der Waals surface area (Å²) >= 11 is 0. The van der Waals surface area contributed by atoms with E-state index < -0.39 is 0 Å². The number of hydrogen-bond donors (Lipinski definition) is 0. The Bertz CT molecular complexity index is 1270. The van der Waals surface area contributed by atoms with Crippen LogP contribution in [0.5, 0.6) is 0 Å². The van der Waals surface area contributed by atoms with E-state index >= 15 is 0 Å². The summed E-state index contributed by atoms with van der Waals surface area (Å²) in [7, 11) is 1.66. The Balaban J connectivity index is 1.52. The van der Waals surface area contributed by atoms with Crippen molar-refractivity contribution in [1.82, 2.24) is 9.80 Å². The zero-order valence-corrected chi connectivity index (χ0v) is 21.4. The fraction of sp³-hybridized carbons (Fsp3) is 0.467. The van der Waals surface area contributed by atoms with Crippen LogP contribution in [0.15, 0.2) is 57.7 Å². The average Bonchev–Trinajstić information content (AvgIpc) is 2.93. The minimum atomic E-state index is -0.100. The first kappa shape index (κ1) is 24.7. The summed E-state index contributed by atoms with van der Waals surface area (Å²) in [4.78, 5) is 31.9. The number of ether oxygens (including phenoxy) is 1. The largest absolute Gasteiger partial charge is 0.455 e. The van der Waals surface area contributed by atoms with E-state index in [0.717, 1.165) is 12.0 Å². The molecule has 0 saturated carbocycles. The molecule has 0 N–H and O–H groups in total. The lowest BCUT2D eigenvalue weighted by molar-refractivity contribution is 0.0316. The molecule has 5 rings (SSSR count). The Kier molecular flexibility index (Phi) is 7.54. The van der Waals surface area contributed by atoms with Gasteiger partial charge in [0.1, 0.15) is 5.76 Å². The van der Waals surface area contributed by atoms with Crippen molar-refractivity contribution in [2.24, 2.45) is 5.92 Å². The highest BCUT2D eigenvalue weighted by molar-refractivity contribution is 6.05. The number of methoxy groups -OCH3 is 1. The molecule has 36 heavy (non-hydrogen) atoms. The molecule has 0 bridgehead atoms. The van der Waals surface area contributed by atoms with Crippen LogP contribution in [0.25, 0.3) is 22.3 Å². The van der Waals surface area contributed by atoms with Gasteiger partial charge in [-0.15, -0.1) is 0 Å². The minimum absolute atomic E-state index is 0.0988. The van der Waals surface area contributed by atoms with Crippen LogP contribution in [0.4, 0.5) is 0 Å². The summed E-state index contributed by atoms with van der Waals surface area (Å²) in [6.07, 6.45) is 6.06. The Morgan fingerprint density at radius 3 is 2.67 bits per heavy atom. The normalized spacial score (nSPS) is 20.3. The number of carbonyl (C=O) groups excluding carboxylic acids is 1. The summed E-state index contributed by atoms with van der Waals surface area (Å²) in [5, 5.41) is 0.445. The summed E-state index contributed by atoms with van der Waals surface area (Å²) in [5.41, 5.74) is 2.08. The Morgan fingerprint density at radius 2 is 1.86 bits per heavy atom. The van der Waals surface area contributed by atoms with Gasteiger partial charge in [-0.25, -0.2) is 0 Å². The van der Waals surface area contributed by atoms with Crippen molar-refractivity contribution < 1.29 is 13.9 Å². The van der Waals surface area contributed by atoms with Crippen molar-refractivity contribution in [2.45, 2.75) is 45.1 Å². The first-order valence-electron chi connectivity index (χ1n) is 13.2. The monoisotopic (exact) mass is 488 g/mol. The van der Waals surface area contributed by atoms with E-state index in [4.69, 9.17) is 9.15 Å². The smallest absolute Gasteiger partial charge is 0.257 e. The average molecular weight is 489 g/mol. The molecule has 0 unspecified atom stereocenters. The van der Waals surface area contributed by atoms with Crippen LogP contribution in [-0.2, 0) is 4.74 Å². The van der Waals surface area contributed by atoms with Crippen LogP contribution in [0.1, 0.15) is 48.0 Å². The summed E-state index contributed by atoms with van der Waals surface area (Å²) < 4.78 is 11.7. The van der Waals surface area contributed by atoms with Crippen LogP contribution in [0.2, 0.25) is 0 Å². The molecule has 2 saturated heterocycles. The number of nitrogens with zero attached hydrogens (tertiary/aromatic N) is 2. The maximum atomic E-state index is 14.0. The van der Waals surface area contributed by atoms with Gasteiger partial charge < -0.3 is 19.0 Å². The fourth-order valence-corrected chi connectivity index (χ4v) is 6.06. The molecule has 6 nitrogen and oxygen atoms in total. The van der Waals surface area contributed by atoms with E-state index in [1.165, 1.54) is 38.8 Å². The van der Waals surface area contributed by atoms with E-state index in [0.29, 0.717) is 59.5 Å². The van der Waals surface area contributed by atoms with Gasteiger partial charge >= 0.3 is 0 Å². The van der Waals surface area contributed by atoms with E-state index in [1.54, 1.807) is 32.2 Å². The number of carbonyl (C=O) groups is 1. The van der Waals surface area contributed by atoms with Crippen LogP contribution in [0.3, 0.4) is 0 Å². The molecule has 2 aliphatic heterocycles. The number of hydrogen-bond acceptors (Lipinski definition) is 5. The Hall–Kier alpha value is -2.96. The maximum absolute atomic E-state index is 14.0. The van der Waals surface area contributed by atoms with Crippen LogP contribution in [0, 0.1) is 12.8 Å². The lowest BCUT2D eigenvalue weighted by Gasteiger charge is -2.45. The van der Waals surface area contributed by atoms with E-state index in [9.17, 15) is 9.59 Å². The Morgan fingerprint density at radius 1 is 1.06 bits per heavy atom. The fourth-order valence-electron chi connectivity index (χ4n) is 6.06.